The predicted molar refractivity (Wildman–Crippen MR) is 80.8 cm³/mol. The van der Waals surface area contributed by atoms with Crippen molar-refractivity contribution in [1.29, 1.82) is 0 Å². The van der Waals surface area contributed by atoms with Gasteiger partial charge >= 0.3 is 0 Å². The third-order valence-corrected chi connectivity index (χ3v) is 5.44. The summed E-state index contributed by atoms with van der Waals surface area (Å²) < 4.78 is 31.2. The van der Waals surface area contributed by atoms with E-state index in [0.717, 1.165) is 25.2 Å². The van der Waals surface area contributed by atoms with E-state index < -0.39 is 15.6 Å². The van der Waals surface area contributed by atoms with Gasteiger partial charge in [-0.1, -0.05) is 6.07 Å². The molecule has 1 spiro atoms. The Morgan fingerprint density at radius 3 is 2.86 bits per heavy atom. The van der Waals surface area contributed by atoms with Gasteiger partial charge in [0.15, 0.2) is 0 Å². The van der Waals surface area contributed by atoms with Crippen molar-refractivity contribution in [3.63, 3.8) is 0 Å². The standard InChI is InChI=1S/C14H21N3O3S/c1-21(18,19)17-9-10-20-14(12-17)6-4-8-16(11-14)13-5-2-3-7-15-13/h2-3,5,7H,4,6,8-12H2,1H3. The summed E-state index contributed by atoms with van der Waals surface area (Å²) in [4.78, 5) is 6.58. The Hall–Kier alpha value is -1.18. The number of piperidine rings is 1. The minimum Gasteiger partial charge on any atom is -0.370 e. The molecule has 0 radical (unpaired) electrons. The molecule has 0 saturated carbocycles. The molecule has 0 amide bonds. The first-order valence-corrected chi connectivity index (χ1v) is 9.08. The van der Waals surface area contributed by atoms with Crippen LogP contribution < -0.4 is 4.90 Å². The average molecular weight is 311 g/mol. The molecule has 1 aromatic rings. The smallest absolute Gasteiger partial charge is 0.211 e. The quantitative estimate of drug-likeness (QED) is 0.805. The summed E-state index contributed by atoms with van der Waals surface area (Å²) in [6, 6.07) is 5.84. The molecular formula is C14H21N3O3S. The summed E-state index contributed by atoms with van der Waals surface area (Å²) in [5.74, 6) is 0.927. The monoisotopic (exact) mass is 311 g/mol. The molecule has 2 saturated heterocycles. The molecule has 116 valence electrons. The second kappa shape index (κ2) is 5.55. The van der Waals surface area contributed by atoms with E-state index in [2.05, 4.69) is 9.88 Å². The van der Waals surface area contributed by atoms with Crippen LogP contribution in [0.1, 0.15) is 12.8 Å². The van der Waals surface area contributed by atoms with Crippen LogP contribution in [0.4, 0.5) is 5.82 Å². The van der Waals surface area contributed by atoms with E-state index in [1.54, 1.807) is 10.5 Å². The molecule has 3 heterocycles. The Labute approximate surface area is 125 Å². The largest absolute Gasteiger partial charge is 0.370 e. The maximum Gasteiger partial charge on any atom is 0.211 e. The van der Waals surface area contributed by atoms with Gasteiger partial charge in [-0.25, -0.2) is 13.4 Å². The highest BCUT2D eigenvalue weighted by atomic mass is 32.2. The fourth-order valence-electron chi connectivity index (χ4n) is 3.17. The molecule has 1 aromatic heterocycles. The lowest BCUT2D eigenvalue weighted by atomic mass is 9.91. The van der Waals surface area contributed by atoms with Gasteiger partial charge in [0.25, 0.3) is 0 Å². The minimum absolute atomic E-state index is 0.406. The number of nitrogens with zero attached hydrogens (tertiary/aromatic N) is 3. The predicted octanol–water partition coefficient (Wildman–Crippen LogP) is 0.712. The van der Waals surface area contributed by atoms with Crippen molar-refractivity contribution in [3.05, 3.63) is 24.4 Å². The summed E-state index contributed by atoms with van der Waals surface area (Å²) in [5.41, 5.74) is -0.406. The van der Waals surface area contributed by atoms with Crippen molar-refractivity contribution in [1.82, 2.24) is 9.29 Å². The van der Waals surface area contributed by atoms with E-state index in [1.165, 1.54) is 6.26 Å². The number of hydrogen-bond acceptors (Lipinski definition) is 5. The zero-order chi connectivity index (χ0) is 14.9. The molecule has 6 nitrogen and oxygen atoms in total. The Balaban J connectivity index is 1.78. The highest BCUT2D eigenvalue weighted by molar-refractivity contribution is 7.88. The first-order valence-electron chi connectivity index (χ1n) is 7.24. The van der Waals surface area contributed by atoms with Crippen molar-refractivity contribution in [3.8, 4) is 0 Å². The molecule has 1 atom stereocenters. The molecule has 1 unspecified atom stereocenters. The number of anilines is 1. The zero-order valence-electron chi connectivity index (χ0n) is 12.2. The second-order valence-electron chi connectivity index (χ2n) is 5.84. The zero-order valence-corrected chi connectivity index (χ0v) is 13.1. The number of morpholine rings is 1. The summed E-state index contributed by atoms with van der Waals surface area (Å²) >= 11 is 0. The fraction of sp³-hybridized carbons (Fsp3) is 0.643. The molecule has 3 rings (SSSR count). The van der Waals surface area contributed by atoms with Crippen molar-refractivity contribution in [2.45, 2.75) is 18.4 Å². The number of sulfonamides is 1. The summed E-state index contributed by atoms with van der Waals surface area (Å²) in [5, 5.41) is 0. The van der Waals surface area contributed by atoms with Crippen LogP contribution in [0, 0.1) is 0 Å². The minimum atomic E-state index is -3.16. The maximum atomic E-state index is 11.8. The molecule has 0 N–H and O–H groups in total. The Kier molecular flexibility index (Phi) is 3.90. The molecule has 7 heteroatoms. The van der Waals surface area contributed by atoms with E-state index in [9.17, 15) is 8.42 Å². The highest BCUT2D eigenvalue weighted by Gasteiger charge is 2.42. The van der Waals surface area contributed by atoms with Crippen LogP contribution in [0.15, 0.2) is 24.4 Å². The molecule has 2 aliphatic rings. The highest BCUT2D eigenvalue weighted by Crippen LogP contribution is 2.31. The van der Waals surface area contributed by atoms with Gasteiger partial charge in [0, 0.05) is 32.4 Å². The SMILES string of the molecule is CS(=O)(=O)N1CCOC2(CCCN(c3ccccn3)C2)C1. The Morgan fingerprint density at radius 2 is 2.14 bits per heavy atom. The third-order valence-electron chi connectivity index (χ3n) is 4.20. The van der Waals surface area contributed by atoms with Crippen molar-refractivity contribution in [2.75, 3.05) is 43.9 Å². The topological polar surface area (TPSA) is 62.7 Å². The molecular weight excluding hydrogens is 290 g/mol. The van der Waals surface area contributed by atoms with Gasteiger partial charge in [0.2, 0.25) is 10.0 Å². The molecule has 0 aliphatic carbocycles. The third kappa shape index (κ3) is 3.20. The first-order chi connectivity index (χ1) is 9.99. The van der Waals surface area contributed by atoms with E-state index in [-0.39, 0.29) is 0 Å². The fourth-order valence-corrected chi connectivity index (χ4v) is 4.05. The number of rotatable bonds is 2. The lowest BCUT2D eigenvalue weighted by Crippen LogP contribution is -2.60. The van der Waals surface area contributed by atoms with Crippen LogP contribution in [-0.4, -0.2) is 62.3 Å². The van der Waals surface area contributed by atoms with Gasteiger partial charge in [-0.15, -0.1) is 0 Å². The number of ether oxygens (including phenoxy) is 1. The molecule has 21 heavy (non-hydrogen) atoms. The van der Waals surface area contributed by atoms with Crippen LogP contribution in [0.25, 0.3) is 0 Å². The lowest BCUT2D eigenvalue weighted by Gasteiger charge is -2.47. The van der Waals surface area contributed by atoms with Crippen molar-refractivity contribution in [2.24, 2.45) is 0 Å². The van der Waals surface area contributed by atoms with Gasteiger partial charge in [0.1, 0.15) is 5.82 Å². The van der Waals surface area contributed by atoms with Crippen LogP contribution in [0.3, 0.4) is 0 Å². The first kappa shape index (κ1) is 14.7. The molecule has 2 aliphatic heterocycles. The normalized spacial score (nSPS) is 28.0. The van der Waals surface area contributed by atoms with Gasteiger partial charge < -0.3 is 9.64 Å². The van der Waals surface area contributed by atoms with E-state index in [1.807, 2.05) is 18.2 Å². The Morgan fingerprint density at radius 1 is 1.29 bits per heavy atom. The van der Waals surface area contributed by atoms with Crippen molar-refractivity contribution < 1.29 is 13.2 Å². The molecule has 0 aromatic carbocycles. The van der Waals surface area contributed by atoms with E-state index in [4.69, 9.17) is 4.74 Å². The maximum absolute atomic E-state index is 11.8. The second-order valence-corrected chi connectivity index (χ2v) is 7.82. The molecule has 0 bridgehead atoms. The van der Waals surface area contributed by atoms with Crippen LogP contribution in [-0.2, 0) is 14.8 Å². The summed E-state index contributed by atoms with van der Waals surface area (Å²) in [6.07, 6.45) is 4.92. The van der Waals surface area contributed by atoms with E-state index >= 15 is 0 Å². The lowest BCUT2D eigenvalue weighted by molar-refractivity contribution is -0.0949. The van der Waals surface area contributed by atoms with Crippen LogP contribution in [0.2, 0.25) is 0 Å². The summed E-state index contributed by atoms with van der Waals surface area (Å²) in [7, 11) is -3.16. The number of pyridine rings is 1. The van der Waals surface area contributed by atoms with Gasteiger partial charge in [0.05, 0.1) is 18.5 Å². The Bertz CT molecular complexity index is 589. The van der Waals surface area contributed by atoms with Gasteiger partial charge in [-0.3, -0.25) is 0 Å². The van der Waals surface area contributed by atoms with E-state index in [0.29, 0.717) is 26.2 Å². The number of hydrogen-bond donors (Lipinski definition) is 0. The van der Waals surface area contributed by atoms with Crippen LogP contribution >= 0.6 is 0 Å². The van der Waals surface area contributed by atoms with Crippen molar-refractivity contribution >= 4 is 15.8 Å². The average Bonchev–Trinajstić information content (AvgIpc) is 2.47. The van der Waals surface area contributed by atoms with Gasteiger partial charge in [-0.2, -0.15) is 4.31 Å². The molecule has 2 fully saturated rings. The van der Waals surface area contributed by atoms with Crippen LogP contribution in [0.5, 0.6) is 0 Å². The summed E-state index contributed by atoms with van der Waals surface area (Å²) in [6.45, 7) is 2.97. The van der Waals surface area contributed by atoms with Gasteiger partial charge in [-0.05, 0) is 25.0 Å². The number of aromatic nitrogens is 1.